The minimum absolute atomic E-state index is 0.199. The maximum atomic E-state index is 6.33. The van der Waals surface area contributed by atoms with E-state index in [0.717, 1.165) is 27.5 Å². The van der Waals surface area contributed by atoms with Crippen molar-refractivity contribution in [3.63, 3.8) is 0 Å². The molecule has 2 aromatic carbocycles. The second kappa shape index (κ2) is 9.68. The van der Waals surface area contributed by atoms with Crippen LogP contribution in [0.1, 0.15) is 69.6 Å². The van der Waals surface area contributed by atoms with E-state index in [4.69, 9.17) is 16.3 Å². The van der Waals surface area contributed by atoms with Gasteiger partial charge in [0.2, 0.25) is 0 Å². The summed E-state index contributed by atoms with van der Waals surface area (Å²) in [5.74, 6) is 2.96. The second-order valence-corrected chi connectivity index (χ2v) is 9.05. The third-order valence-corrected chi connectivity index (χ3v) is 5.96. The van der Waals surface area contributed by atoms with E-state index in [1.165, 1.54) is 11.1 Å². The number of aromatic nitrogens is 3. The van der Waals surface area contributed by atoms with Gasteiger partial charge in [0.1, 0.15) is 5.75 Å². The van der Waals surface area contributed by atoms with Crippen molar-refractivity contribution in [3.05, 3.63) is 70.5 Å². The molecular formula is C23H28ClN3OS. The molecule has 6 heteroatoms. The second-order valence-electron chi connectivity index (χ2n) is 7.67. The zero-order valence-electron chi connectivity index (χ0n) is 17.6. The Balaban J connectivity index is 1.80. The van der Waals surface area contributed by atoms with E-state index in [1.54, 1.807) is 11.8 Å². The number of halogens is 1. The highest BCUT2D eigenvalue weighted by Gasteiger charge is 2.22. The molecule has 0 aliphatic carbocycles. The van der Waals surface area contributed by atoms with Gasteiger partial charge in [-0.1, -0.05) is 67.5 Å². The molecule has 3 rings (SSSR count). The lowest BCUT2D eigenvalue weighted by Gasteiger charge is -2.21. The first kappa shape index (κ1) is 21.7. The van der Waals surface area contributed by atoms with Crippen molar-refractivity contribution < 1.29 is 4.74 Å². The summed E-state index contributed by atoms with van der Waals surface area (Å²) in [7, 11) is 0. The molecule has 1 aromatic heterocycles. The summed E-state index contributed by atoms with van der Waals surface area (Å²) in [6.07, 6.45) is -0.199. The Morgan fingerprint density at radius 1 is 0.966 bits per heavy atom. The number of ether oxygens (including phenoxy) is 1. The Morgan fingerprint density at radius 2 is 1.66 bits per heavy atom. The van der Waals surface area contributed by atoms with Gasteiger partial charge in [-0.15, -0.1) is 10.2 Å². The monoisotopic (exact) mass is 429 g/mol. The molecule has 0 saturated carbocycles. The van der Waals surface area contributed by atoms with E-state index in [2.05, 4.69) is 54.6 Å². The van der Waals surface area contributed by atoms with Gasteiger partial charge in [0.25, 0.3) is 0 Å². The fourth-order valence-corrected chi connectivity index (χ4v) is 4.34. The molecule has 1 atom stereocenters. The van der Waals surface area contributed by atoms with E-state index in [9.17, 15) is 0 Å². The van der Waals surface area contributed by atoms with Crippen molar-refractivity contribution in [1.29, 1.82) is 0 Å². The fourth-order valence-electron chi connectivity index (χ4n) is 3.19. The molecule has 0 fully saturated rings. The van der Waals surface area contributed by atoms with E-state index >= 15 is 0 Å². The number of para-hydroxylation sites is 1. The van der Waals surface area contributed by atoms with Crippen molar-refractivity contribution in [2.24, 2.45) is 0 Å². The molecule has 154 valence electrons. The zero-order valence-corrected chi connectivity index (χ0v) is 19.2. The lowest BCUT2D eigenvalue weighted by molar-refractivity contribution is 0.204. The average molecular weight is 430 g/mol. The van der Waals surface area contributed by atoms with Crippen LogP contribution < -0.4 is 4.74 Å². The molecule has 0 bridgehead atoms. The SMILES string of the molecule is CC(C)c1ccccc1OC(C)c1nnc(SCc2ccc(Cl)cc2)n1C(C)C. The molecule has 1 heterocycles. The standard InChI is InChI=1S/C23H28ClN3OS/c1-15(2)20-8-6-7-9-21(20)28-17(5)22-25-26-23(27(22)16(3)4)29-14-18-10-12-19(24)13-11-18/h6-13,15-17H,14H2,1-5H3. The van der Waals surface area contributed by atoms with Crippen LogP contribution in [-0.2, 0) is 5.75 Å². The Labute approximate surface area is 182 Å². The van der Waals surface area contributed by atoms with Crippen LogP contribution in [0.5, 0.6) is 5.75 Å². The molecule has 4 nitrogen and oxygen atoms in total. The fraction of sp³-hybridized carbons (Fsp3) is 0.391. The normalized spacial score (nSPS) is 12.6. The van der Waals surface area contributed by atoms with Gasteiger partial charge >= 0.3 is 0 Å². The summed E-state index contributed by atoms with van der Waals surface area (Å²) in [4.78, 5) is 0. The molecule has 3 aromatic rings. The molecule has 0 spiro atoms. The van der Waals surface area contributed by atoms with Crippen LogP contribution in [0, 0.1) is 0 Å². The van der Waals surface area contributed by atoms with E-state index in [-0.39, 0.29) is 12.1 Å². The van der Waals surface area contributed by atoms with E-state index in [0.29, 0.717) is 5.92 Å². The van der Waals surface area contributed by atoms with Gasteiger partial charge in [0, 0.05) is 16.8 Å². The topological polar surface area (TPSA) is 39.9 Å². The lowest BCUT2D eigenvalue weighted by Crippen LogP contribution is -2.15. The highest BCUT2D eigenvalue weighted by molar-refractivity contribution is 7.98. The van der Waals surface area contributed by atoms with Crippen LogP contribution in [0.2, 0.25) is 5.02 Å². The third kappa shape index (κ3) is 5.34. The number of thioether (sulfide) groups is 1. The van der Waals surface area contributed by atoms with Crippen LogP contribution in [0.4, 0.5) is 0 Å². The minimum Gasteiger partial charge on any atom is -0.482 e. The summed E-state index contributed by atoms with van der Waals surface area (Å²) in [6.45, 7) is 10.7. The number of nitrogens with zero attached hydrogens (tertiary/aromatic N) is 3. The van der Waals surface area contributed by atoms with Gasteiger partial charge in [-0.3, -0.25) is 0 Å². The quantitative estimate of drug-likeness (QED) is 0.359. The zero-order chi connectivity index (χ0) is 21.0. The van der Waals surface area contributed by atoms with Crippen LogP contribution in [0.3, 0.4) is 0 Å². The highest BCUT2D eigenvalue weighted by Crippen LogP contribution is 2.32. The molecule has 0 radical (unpaired) electrons. The molecule has 0 N–H and O–H groups in total. The van der Waals surface area contributed by atoms with E-state index in [1.807, 2.05) is 43.3 Å². The molecule has 0 aliphatic rings. The van der Waals surface area contributed by atoms with Crippen molar-refractivity contribution in [2.45, 2.75) is 63.6 Å². The molecule has 1 unspecified atom stereocenters. The van der Waals surface area contributed by atoms with Gasteiger partial charge < -0.3 is 9.30 Å². The first-order valence-electron chi connectivity index (χ1n) is 9.94. The Bertz CT molecular complexity index is 938. The van der Waals surface area contributed by atoms with Crippen LogP contribution >= 0.6 is 23.4 Å². The maximum absolute atomic E-state index is 6.33. The van der Waals surface area contributed by atoms with Gasteiger partial charge in [0.15, 0.2) is 17.1 Å². The summed E-state index contributed by atoms with van der Waals surface area (Å²) in [6, 6.07) is 16.4. The molecule has 0 aliphatic heterocycles. The van der Waals surface area contributed by atoms with Crippen molar-refractivity contribution in [2.75, 3.05) is 0 Å². The first-order chi connectivity index (χ1) is 13.9. The van der Waals surface area contributed by atoms with Crippen molar-refractivity contribution in [1.82, 2.24) is 14.8 Å². The summed E-state index contributed by atoms with van der Waals surface area (Å²) in [5.41, 5.74) is 2.40. The molecular weight excluding hydrogens is 402 g/mol. The Hall–Kier alpha value is -1.98. The van der Waals surface area contributed by atoms with Gasteiger partial charge in [0.05, 0.1) is 0 Å². The average Bonchev–Trinajstić information content (AvgIpc) is 3.12. The summed E-state index contributed by atoms with van der Waals surface area (Å²) >= 11 is 7.66. The number of hydrogen-bond acceptors (Lipinski definition) is 4. The minimum atomic E-state index is -0.199. The number of rotatable bonds is 8. The molecule has 29 heavy (non-hydrogen) atoms. The summed E-state index contributed by atoms with van der Waals surface area (Å²) < 4.78 is 8.50. The Kier molecular flexibility index (Phi) is 7.25. The van der Waals surface area contributed by atoms with Gasteiger partial charge in [-0.25, -0.2) is 0 Å². The van der Waals surface area contributed by atoms with Gasteiger partial charge in [-0.05, 0) is 56.0 Å². The maximum Gasteiger partial charge on any atom is 0.191 e. The predicted octanol–water partition coefficient (Wildman–Crippen LogP) is 7.07. The van der Waals surface area contributed by atoms with Crippen molar-refractivity contribution in [3.8, 4) is 5.75 Å². The highest BCUT2D eigenvalue weighted by atomic mass is 35.5. The first-order valence-corrected chi connectivity index (χ1v) is 11.3. The van der Waals surface area contributed by atoms with Crippen LogP contribution in [0.15, 0.2) is 53.7 Å². The third-order valence-electron chi connectivity index (χ3n) is 4.70. The number of benzene rings is 2. The predicted molar refractivity (Wildman–Crippen MR) is 121 cm³/mol. The lowest BCUT2D eigenvalue weighted by atomic mass is 10.0. The molecule has 0 saturated heterocycles. The van der Waals surface area contributed by atoms with Crippen LogP contribution in [0.25, 0.3) is 0 Å². The van der Waals surface area contributed by atoms with Gasteiger partial charge in [-0.2, -0.15) is 0 Å². The summed E-state index contributed by atoms with van der Waals surface area (Å²) in [5, 5.41) is 10.6. The van der Waals surface area contributed by atoms with Crippen molar-refractivity contribution >= 4 is 23.4 Å². The largest absolute Gasteiger partial charge is 0.482 e. The molecule has 0 amide bonds. The van der Waals surface area contributed by atoms with E-state index < -0.39 is 0 Å². The number of hydrogen-bond donors (Lipinski definition) is 0. The smallest absolute Gasteiger partial charge is 0.191 e. The Morgan fingerprint density at radius 3 is 2.31 bits per heavy atom. The van der Waals surface area contributed by atoms with Crippen LogP contribution in [-0.4, -0.2) is 14.8 Å².